The Bertz CT molecular complexity index is 483. The van der Waals surface area contributed by atoms with Crippen LogP contribution < -0.4 is 9.64 Å². The molecule has 1 N–H and O–H groups in total. The second kappa shape index (κ2) is 4.08. The summed E-state index contributed by atoms with van der Waals surface area (Å²) in [5.74, 6) is -0.825. The van der Waals surface area contributed by atoms with Crippen molar-refractivity contribution in [3.8, 4) is 5.75 Å². The molecule has 1 amide bonds. The van der Waals surface area contributed by atoms with Crippen LogP contribution in [0.25, 0.3) is 0 Å². The molecule has 0 bridgehead atoms. The number of carboxylic acids is 1. The van der Waals surface area contributed by atoms with Crippen molar-refractivity contribution in [2.24, 2.45) is 0 Å². The number of rotatable bonds is 2. The highest BCUT2D eigenvalue weighted by Gasteiger charge is 2.32. The van der Waals surface area contributed by atoms with Crippen molar-refractivity contribution in [3.63, 3.8) is 0 Å². The molecule has 0 saturated heterocycles. The van der Waals surface area contributed by atoms with Gasteiger partial charge in [0.05, 0.1) is 5.69 Å². The Labute approximate surface area is 98.6 Å². The molecule has 2 rings (SSSR count). The van der Waals surface area contributed by atoms with Gasteiger partial charge in [-0.3, -0.25) is 9.69 Å². The fraction of sp³-hybridized carbons (Fsp3) is 0.333. The van der Waals surface area contributed by atoms with E-state index in [0.717, 1.165) is 5.56 Å². The third kappa shape index (κ3) is 1.95. The van der Waals surface area contributed by atoms with Gasteiger partial charge in [-0.05, 0) is 31.5 Å². The van der Waals surface area contributed by atoms with E-state index in [2.05, 4.69) is 0 Å². The van der Waals surface area contributed by atoms with Crippen LogP contribution in [0, 0.1) is 6.92 Å². The van der Waals surface area contributed by atoms with Gasteiger partial charge in [-0.1, -0.05) is 6.07 Å². The van der Waals surface area contributed by atoms with Crippen LogP contribution in [0.5, 0.6) is 5.75 Å². The van der Waals surface area contributed by atoms with Crippen molar-refractivity contribution in [2.75, 3.05) is 11.5 Å². The zero-order chi connectivity index (χ0) is 12.6. The fourth-order valence-electron chi connectivity index (χ4n) is 1.82. The van der Waals surface area contributed by atoms with E-state index in [-0.39, 0.29) is 12.5 Å². The zero-order valence-corrected chi connectivity index (χ0v) is 9.64. The quantitative estimate of drug-likeness (QED) is 0.836. The van der Waals surface area contributed by atoms with E-state index in [1.54, 1.807) is 12.1 Å². The first-order valence-corrected chi connectivity index (χ1v) is 5.29. The molecule has 5 heteroatoms. The molecule has 1 unspecified atom stereocenters. The van der Waals surface area contributed by atoms with Crippen molar-refractivity contribution >= 4 is 17.6 Å². The molecule has 5 nitrogen and oxygen atoms in total. The van der Waals surface area contributed by atoms with Crippen molar-refractivity contribution in [1.29, 1.82) is 0 Å². The number of aliphatic carboxylic acids is 1. The van der Waals surface area contributed by atoms with Crippen LogP contribution in [0.4, 0.5) is 5.69 Å². The molecule has 0 saturated carbocycles. The summed E-state index contributed by atoms with van der Waals surface area (Å²) in [6, 6.07) is 4.47. The monoisotopic (exact) mass is 235 g/mol. The number of hydrogen-bond donors (Lipinski definition) is 1. The first-order valence-electron chi connectivity index (χ1n) is 5.29. The van der Waals surface area contributed by atoms with E-state index in [1.165, 1.54) is 11.8 Å². The standard InChI is InChI=1S/C12H13NO4/c1-7-3-4-10-9(5-7)13(8(2)12(15)16)11(14)6-17-10/h3-5,8H,6H2,1-2H3,(H,15,16). The van der Waals surface area contributed by atoms with Crippen LogP contribution in [0.15, 0.2) is 18.2 Å². The molecule has 0 spiro atoms. The molecule has 0 radical (unpaired) electrons. The van der Waals surface area contributed by atoms with Crippen LogP contribution in [0.2, 0.25) is 0 Å². The lowest BCUT2D eigenvalue weighted by atomic mass is 10.1. The summed E-state index contributed by atoms with van der Waals surface area (Å²) in [6.45, 7) is 3.24. The molecule has 17 heavy (non-hydrogen) atoms. The van der Waals surface area contributed by atoms with Gasteiger partial charge in [0.1, 0.15) is 11.8 Å². The molecular formula is C12H13NO4. The Kier molecular flexibility index (Phi) is 2.75. The van der Waals surface area contributed by atoms with E-state index >= 15 is 0 Å². The van der Waals surface area contributed by atoms with Crippen LogP contribution >= 0.6 is 0 Å². The molecule has 1 aliphatic rings. The lowest BCUT2D eigenvalue weighted by molar-refractivity contribution is -0.140. The van der Waals surface area contributed by atoms with Gasteiger partial charge in [-0.2, -0.15) is 0 Å². The number of fused-ring (bicyclic) bond motifs is 1. The van der Waals surface area contributed by atoms with Gasteiger partial charge in [0.15, 0.2) is 6.61 Å². The number of carbonyl (C=O) groups excluding carboxylic acids is 1. The van der Waals surface area contributed by atoms with Gasteiger partial charge in [-0.25, -0.2) is 4.79 Å². The SMILES string of the molecule is Cc1ccc2c(c1)N(C(C)C(=O)O)C(=O)CO2. The van der Waals surface area contributed by atoms with Crippen LogP contribution in [-0.4, -0.2) is 29.6 Å². The lowest BCUT2D eigenvalue weighted by Crippen LogP contribution is -2.48. The summed E-state index contributed by atoms with van der Waals surface area (Å²) >= 11 is 0. The van der Waals surface area contributed by atoms with Crippen molar-refractivity contribution in [3.05, 3.63) is 23.8 Å². The number of carboxylic acid groups (broad SMARTS) is 1. The Balaban J connectivity index is 2.49. The van der Waals surface area contributed by atoms with E-state index in [9.17, 15) is 9.59 Å². The second-order valence-corrected chi connectivity index (χ2v) is 4.04. The number of benzene rings is 1. The summed E-state index contributed by atoms with van der Waals surface area (Å²) in [7, 11) is 0. The summed E-state index contributed by atoms with van der Waals surface area (Å²) in [4.78, 5) is 24.0. The number of nitrogens with zero attached hydrogens (tertiary/aromatic N) is 1. The molecule has 1 atom stereocenters. The minimum Gasteiger partial charge on any atom is -0.482 e. The first-order chi connectivity index (χ1) is 8.00. The molecular weight excluding hydrogens is 222 g/mol. The largest absolute Gasteiger partial charge is 0.482 e. The minimum absolute atomic E-state index is 0.117. The molecule has 1 heterocycles. The molecule has 0 aliphatic carbocycles. The third-order valence-corrected chi connectivity index (χ3v) is 2.74. The number of carbonyl (C=O) groups is 2. The van der Waals surface area contributed by atoms with Crippen LogP contribution in [-0.2, 0) is 9.59 Å². The van der Waals surface area contributed by atoms with E-state index in [4.69, 9.17) is 9.84 Å². The average molecular weight is 235 g/mol. The van der Waals surface area contributed by atoms with Gasteiger partial charge < -0.3 is 9.84 Å². The minimum atomic E-state index is -1.03. The average Bonchev–Trinajstić information content (AvgIpc) is 2.27. The number of anilines is 1. The zero-order valence-electron chi connectivity index (χ0n) is 9.64. The number of ether oxygens (including phenoxy) is 1. The molecule has 90 valence electrons. The molecule has 1 aromatic rings. The van der Waals surface area contributed by atoms with Gasteiger partial charge in [0.2, 0.25) is 0 Å². The van der Waals surface area contributed by atoms with Gasteiger partial charge in [0, 0.05) is 0 Å². The Morgan fingerprint density at radius 2 is 2.24 bits per heavy atom. The van der Waals surface area contributed by atoms with Crippen LogP contribution in [0.1, 0.15) is 12.5 Å². The topological polar surface area (TPSA) is 66.8 Å². The molecule has 1 aromatic carbocycles. The number of aryl methyl sites for hydroxylation is 1. The summed E-state index contributed by atoms with van der Waals surface area (Å²) in [5.41, 5.74) is 1.47. The molecule has 0 aromatic heterocycles. The highest BCUT2D eigenvalue weighted by atomic mass is 16.5. The van der Waals surface area contributed by atoms with Gasteiger partial charge in [0.25, 0.3) is 5.91 Å². The van der Waals surface area contributed by atoms with Crippen molar-refractivity contribution in [1.82, 2.24) is 0 Å². The van der Waals surface area contributed by atoms with E-state index < -0.39 is 12.0 Å². The van der Waals surface area contributed by atoms with Gasteiger partial charge in [-0.15, -0.1) is 0 Å². The smallest absolute Gasteiger partial charge is 0.326 e. The van der Waals surface area contributed by atoms with Crippen molar-refractivity contribution < 1.29 is 19.4 Å². The van der Waals surface area contributed by atoms with Crippen molar-refractivity contribution in [2.45, 2.75) is 19.9 Å². The highest BCUT2D eigenvalue weighted by molar-refractivity contribution is 6.02. The Hall–Kier alpha value is -2.04. The summed E-state index contributed by atoms with van der Waals surface area (Å²) < 4.78 is 5.27. The third-order valence-electron chi connectivity index (χ3n) is 2.74. The Morgan fingerprint density at radius 3 is 2.88 bits per heavy atom. The maximum Gasteiger partial charge on any atom is 0.326 e. The summed E-state index contributed by atoms with van der Waals surface area (Å²) in [5, 5.41) is 9.01. The normalized spacial score (nSPS) is 16.1. The van der Waals surface area contributed by atoms with E-state index in [1.807, 2.05) is 13.0 Å². The second-order valence-electron chi connectivity index (χ2n) is 4.04. The predicted molar refractivity (Wildman–Crippen MR) is 61.3 cm³/mol. The maximum absolute atomic E-state index is 11.8. The maximum atomic E-state index is 11.8. The number of amides is 1. The van der Waals surface area contributed by atoms with Crippen LogP contribution in [0.3, 0.4) is 0 Å². The molecule has 0 fully saturated rings. The molecule has 1 aliphatic heterocycles. The Morgan fingerprint density at radius 1 is 1.53 bits per heavy atom. The predicted octanol–water partition coefficient (Wildman–Crippen LogP) is 1.19. The lowest BCUT2D eigenvalue weighted by Gasteiger charge is -2.32. The fourth-order valence-corrected chi connectivity index (χ4v) is 1.82. The first kappa shape index (κ1) is 11.4. The van der Waals surface area contributed by atoms with Gasteiger partial charge >= 0.3 is 5.97 Å². The van der Waals surface area contributed by atoms with E-state index in [0.29, 0.717) is 11.4 Å². The summed E-state index contributed by atoms with van der Waals surface area (Å²) in [6.07, 6.45) is 0. The highest BCUT2D eigenvalue weighted by Crippen LogP contribution is 2.34. The number of hydrogen-bond acceptors (Lipinski definition) is 3.